The Morgan fingerprint density at radius 1 is 0.962 bits per heavy atom. The Bertz CT molecular complexity index is 716. The first kappa shape index (κ1) is 17.9. The topological polar surface area (TPSA) is 70.7 Å². The number of nitrogens with zero attached hydrogens (tertiary/aromatic N) is 1. The van der Waals surface area contributed by atoms with Crippen LogP contribution in [-0.4, -0.2) is 43.1 Å². The second-order valence-electron chi connectivity index (χ2n) is 6.09. The van der Waals surface area contributed by atoms with E-state index in [4.69, 9.17) is 4.74 Å². The third kappa shape index (κ3) is 4.83. The van der Waals surface area contributed by atoms with E-state index in [2.05, 4.69) is 10.6 Å². The Hall–Kier alpha value is -2.86. The van der Waals surface area contributed by atoms with Crippen LogP contribution in [0.1, 0.15) is 17.2 Å². The van der Waals surface area contributed by atoms with Crippen LogP contribution in [0.2, 0.25) is 0 Å². The Labute approximate surface area is 153 Å². The lowest BCUT2D eigenvalue weighted by Crippen LogP contribution is -2.49. The minimum Gasteiger partial charge on any atom is -0.378 e. The van der Waals surface area contributed by atoms with E-state index in [-0.39, 0.29) is 11.9 Å². The molecule has 6 nitrogen and oxygen atoms in total. The Kier molecular flexibility index (Phi) is 6.22. The van der Waals surface area contributed by atoms with Gasteiger partial charge >= 0.3 is 6.03 Å². The summed E-state index contributed by atoms with van der Waals surface area (Å²) in [6, 6.07) is 17.9. The number of hydrogen-bond donors (Lipinski definition) is 2. The fourth-order valence-corrected chi connectivity index (χ4v) is 2.86. The smallest absolute Gasteiger partial charge is 0.315 e. The average molecular weight is 353 g/mol. The van der Waals surface area contributed by atoms with Crippen molar-refractivity contribution in [2.45, 2.75) is 12.6 Å². The van der Waals surface area contributed by atoms with Gasteiger partial charge in [-0.25, -0.2) is 4.79 Å². The number of rotatable bonds is 5. The Morgan fingerprint density at radius 2 is 1.58 bits per heavy atom. The molecule has 0 aliphatic carbocycles. The first-order valence-electron chi connectivity index (χ1n) is 8.74. The number of ether oxygens (including phenoxy) is 1. The predicted molar refractivity (Wildman–Crippen MR) is 98.4 cm³/mol. The summed E-state index contributed by atoms with van der Waals surface area (Å²) < 4.78 is 5.31. The first-order valence-corrected chi connectivity index (χ1v) is 8.74. The molecule has 6 heteroatoms. The molecule has 1 fully saturated rings. The number of hydrogen-bond acceptors (Lipinski definition) is 3. The summed E-state index contributed by atoms with van der Waals surface area (Å²) in [5.41, 5.74) is 1.76. The van der Waals surface area contributed by atoms with Crippen molar-refractivity contribution in [3.63, 3.8) is 0 Å². The number of urea groups is 1. The van der Waals surface area contributed by atoms with Crippen molar-refractivity contribution in [3.8, 4) is 0 Å². The van der Waals surface area contributed by atoms with E-state index >= 15 is 0 Å². The summed E-state index contributed by atoms with van der Waals surface area (Å²) in [6.07, 6.45) is 0. The van der Waals surface area contributed by atoms with Crippen LogP contribution in [0, 0.1) is 0 Å². The van der Waals surface area contributed by atoms with Crippen LogP contribution in [-0.2, 0) is 16.1 Å². The second-order valence-corrected chi connectivity index (χ2v) is 6.09. The van der Waals surface area contributed by atoms with Crippen LogP contribution in [0.4, 0.5) is 4.79 Å². The maximum Gasteiger partial charge on any atom is 0.315 e. The molecule has 3 amide bonds. The summed E-state index contributed by atoms with van der Waals surface area (Å²) >= 11 is 0. The van der Waals surface area contributed by atoms with Crippen molar-refractivity contribution >= 4 is 11.9 Å². The number of benzene rings is 2. The van der Waals surface area contributed by atoms with Gasteiger partial charge in [0.25, 0.3) is 0 Å². The fourth-order valence-electron chi connectivity index (χ4n) is 2.86. The van der Waals surface area contributed by atoms with Crippen molar-refractivity contribution in [1.82, 2.24) is 15.5 Å². The van der Waals surface area contributed by atoms with Gasteiger partial charge in [0, 0.05) is 19.6 Å². The molecule has 0 radical (unpaired) electrons. The predicted octanol–water partition coefficient (Wildman–Crippen LogP) is 2.09. The third-order valence-corrected chi connectivity index (χ3v) is 4.27. The molecule has 0 unspecified atom stereocenters. The Morgan fingerprint density at radius 3 is 2.23 bits per heavy atom. The molecule has 136 valence electrons. The van der Waals surface area contributed by atoms with Gasteiger partial charge in [-0.15, -0.1) is 0 Å². The van der Waals surface area contributed by atoms with Gasteiger partial charge in [-0.3, -0.25) is 4.79 Å². The van der Waals surface area contributed by atoms with Gasteiger partial charge in [0.1, 0.15) is 6.04 Å². The molecule has 1 heterocycles. The molecule has 0 bridgehead atoms. The van der Waals surface area contributed by atoms with Crippen LogP contribution in [0.15, 0.2) is 60.7 Å². The van der Waals surface area contributed by atoms with E-state index in [1.165, 1.54) is 0 Å². The summed E-state index contributed by atoms with van der Waals surface area (Å²) in [4.78, 5) is 27.0. The van der Waals surface area contributed by atoms with E-state index in [1.54, 1.807) is 4.90 Å². The maximum atomic E-state index is 12.9. The van der Waals surface area contributed by atoms with Gasteiger partial charge in [0.2, 0.25) is 5.91 Å². The largest absolute Gasteiger partial charge is 0.378 e. The Balaban J connectivity index is 1.67. The van der Waals surface area contributed by atoms with Gasteiger partial charge in [-0.05, 0) is 11.1 Å². The van der Waals surface area contributed by atoms with Crippen molar-refractivity contribution < 1.29 is 14.3 Å². The average Bonchev–Trinajstić information content (AvgIpc) is 2.72. The molecule has 1 aliphatic heterocycles. The van der Waals surface area contributed by atoms with Gasteiger partial charge in [0.15, 0.2) is 0 Å². The molecule has 0 spiro atoms. The molecule has 0 aromatic heterocycles. The fraction of sp³-hybridized carbons (Fsp3) is 0.300. The standard InChI is InChI=1S/C20H23N3O3/c24-19(23-11-13-26-14-12-23)18(17-9-5-2-6-10-17)22-20(25)21-15-16-7-3-1-4-8-16/h1-10,18H,11-15H2,(H2,21,22,25)/t18-/m0/s1. The van der Waals surface area contributed by atoms with Crippen LogP contribution in [0.25, 0.3) is 0 Å². The quantitative estimate of drug-likeness (QED) is 0.865. The first-order chi connectivity index (χ1) is 12.7. The molecule has 2 aromatic rings. The number of carbonyl (C=O) groups is 2. The highest BCUT2D eigenvalue weighted by Gasteiger charge is 2.28. The number of nitrogens with one attached hydrogen (secondary N) is 2. The van der Waals surface area contributed by atoms with Gasteiger partial charge in [-0.2, -0.15) is 0 Å². The molecule has 2 aromatic carbocycles. The monoisotopic (exact) mass is 353 g/mol. The van der Waals surface area contributed by atoms with Gasteiger partial charge in [-0.1, -0.05) is 60.7 Å². The number of carbonyl (C=O) groups excluding carboxylic acids is 2. The lowest BCUT2D eigenvalue weighted by Gasteiger charge is -2.31. The van der Waals surface area contributed by atoms with Crippen LogP contribution >= 0.6 is 0 Å². The van der Waals surface area contributed by atoms with Crippen molar-refractivity contribution in [2.24, 2.45) is 0 Å². The highest BCUT2D eigenvalue weighted by molar-refractivity contribution is 5.88. The zero-order valence-corrected chi connectivity index (χ0v) is 14.6. The van der Waals surface area contributed by atoms with Crippen molar-refractivity contribution in [3.05, 3.63) is 71.8 Å². The lowest BCUT2D eigenvalue weighted by atomic mass is 10.1. The zero-order chi connectivity index (χ0) is 18.2. The minimum absolute atomic E-state index is 0.116. The van der Waals surface area contributed by atoms with Crippen molar-refractivity contribution in [1.29, 1.82) is 0 Å². The number of amides is 3. The molecule has 0 saturated carbocycles. The third-order valence-electron chi connectivity index (χ3n) is 4.27. The van der Waals surface area contributed by atoms with Gasteiger partial charge < -0.3 is 20.3 Å². The molecule has 1 saturated heterocycles. The van der Waals surface area contributed by atoms with Crippen molar-refractivity contribution in [2.75, 3.05) is 26.3 Å². The highest BCUT2D eigenvalue weighted by Crippen LogP contribution is 2.16. The van der Waals surface area contributed by atoms with Gasteiger partial charge in [0.05, 0.1) is 13.2 Å². The summed E-state index contributed by atoms with van der Waals surface area (Å²) in [7, 11) is 0. The lowest BCUT2D eigenvalue weighted by molar-refractivity contribution is -0.137. The molecule has 1 atom stereocenters. The van der Waals surface area contributed by atoms with E-state index in [9.17, 15) is 9.59 Å². The molecule has 1 aliphatic rings. The van der Waals surface area contributed by atoms with Crippen LogP contribution < -0.4 is 10.6 Å². The van der Waals surface area contributed by atoms with Crippen LogP contribution in [0.5, 0.6) is 0 Å². The maximum absolute atomic E-state index is 12.9. The highest BCUT2D eigenvalue weighted by atomic mass is 16.5. The van der Waals surface area contributed by atoms with E-state index in [1.807, 2.05) is 60.7 Å². The summed E-state index contributed by atoms with van der Waals surface area (Å²) in [5.74, 6) is -0.116. The summed E-state index contributed by atoms with van der Waals surface area (Å²) in [6.45, 7) is 2.52. The molecular weight excluding hydrogens is 330 g/mol. The molecule has 3 rings (SSSR count). The summed E-state index contributed by atoms with van der Waals surface area (Å²) in [5, 5.41) is 5.63. The molecular formula is C20H23N3O3. The van der Waals surface area contributed by atoms with Crippen LogP contribution in [0.3, 0.4) is 0 Å². The van der Waals surface area contributed by atoms with E-state index in [0.29, 0.717) is 32.8 Å². The zero-order valence-electron chi connectivity index (χ0n) is 14.6. The molecule has 26 heavy (non-hydrogen) atoms. The van der Waals surface area contributed by atoms with E-state index in [0.717, 1.165) is 11.1 Å². The number of morpholine rings is 1. The normalized spacial score (nSPS) is 15.2. The minimum atomic E-state index is -0.718. The van der Waals surface area contributed by atoms with E-state index < -0.39 is 6.04 Å². The molecule has 2 N–H and O–H groups in total. The second kappa shape index (κ2) is 9.01. The SMILES string of the molecule is O=C(NCc1ccccc1)N[C@H](C(=O)N1CCOCC1)c1ccccc1.